The van der Waals surface area contributed by atoms with E-state index in [9.17, 15) is 0 Å². The molecular weight excluding hydrogens is 267 g/mol. The van der Waals surface area contributed by atoms with Crippen molar-refractivity contribution in [3.63, 3.8) is 0 Å². The standard InChI is InChI=1S/C14H10Cl2N2/c1-2-10-9(8-18-14(10)17)6-7-11-12(15)4-3-5-13(11)16/h2-5,8,18H,1,17H2. The Labute approximate surface area is 115 Å². The van der Waals surface area contributed by atoms with Crippen LogP contribution in [-0.2, 0) is 0 Å². The summed E-state index contributed by atoms with van der Waals surface area (Å²) >= 11 is 12.1. The maximum absolute atomic E-state index is 6.04. The molecule has 0 bridgehead atoms. The molecule has 2 rings (SSSR count). The van der Waals surface area contributed by atoms with Crippen LogP contribution in [0, 0.1) is 11.8 Å². The van der Waals surface area contributed by atoms with Gasteiger partial charge in [0.15, 0.2) is 0 Å². The maximum Gasteiger partial charge on any atom is 0.109 e. The molecule has 4 heteroatoms. The van der Waals surface area contributed by atoms with Gasteiger partial charge in [-0.25, -0.2) is 0 Å². The number of aromatic nitrogens is 1. The van der Waals surface area contributed by atoms with E-state index in [1.807, 2.05) is 0 Å². The quantitative estimate of drug-likeness (QED) is 0.761. The van der Waals surface area contributed by atoms with Crippen molar-refractivity contribution in [2.24, 2.45) is 0 Å². The highest BCUT2D eigenvalue weighted by atomic mass is 35.5. The van der Waals surface area contributed by atoms with Crippen LogP contribution in [0.2, 0.25) is 10.0 Å². The highest BCUT2D eigenvalue weighted by Crippen LogP contribution is 2.23. The summed E-state index contributed by atoms with van der Waals surface area (Å²) < 4.78 is 0. The van der Waals surface area contributed by atoms with Gasteiger partial charge in [-0.05, 0) is 12.1 Å². The lowest BCUT2D eigenvalue weighted by atomic mass is 10.1. The van der Waals surface area contributed by atoms with Crippen LogP contribution in [0.5, 0.6) is 0 Å². The first-order valence-electron chi connectivity index (χ1n) is 5.18. The summed E-state index contributed by atoms with van der Waals surface area (Å²) in [6.45, 7) is 3.69. The van der Waals surface area contributed by atoms with Crippen molar-refractivity contribution < 1.29 is 0 Å². The third-order valence-corrected chi connectivity index (χ3v) is 3.07. The Morgan fingerprint density at radius 3 is 2.50 bits per heavy atom. The Bertz CT molecular complexity index is 640. The lowest BCUT2D eigenvalue weighted by Crippen LogP contribution is -1.86. The smallest absolute Gasteiger partial charge is 0.109 e. The molecule has 0 atom stereocenters. The molecule has 1 heterocycles. The fourth-order valence-corrected chi connectivity index (χ4v) is 2.01. The third-order valence-electron chi connectivity index (χ3n) is 2.44. The molecule has 0 unspecified atom stereocenters. The van der Waals surface area contributed by atoms with Gasteiger partial charge in [-0.15, -0.1) is 0 Å². The van der Waals surface area contributed by atoms with Crippen LogP contribution in [0.3, 0.4) is 0 Å². The number of aromatic amines is 1. The molecule has 2 aromatic rings. The monoisotopic (exact) mass is 276 g/mol. The van der Waals surface area contributed by atoms with Crippen molar-refractivity contribution in [1.82, 2.24) is 4.98 Å². The van der Waals surface area contributed by atoms with Gasteiger partial charge in [-0.3, -0.25) is 0 Å². The molecule has 0 spiro atoms. The number of nitrogens with two attached hydrogens (primary N) is 1. The van der Waals surface area contributed by atoms with Crippen LogP contribution in [0.15, 0.2) is 31.0 Å². The molecule has 3 N–H and O–H groups in total. The van der Waals surface area contributed by atoms with E-state index in [0.717, 1.165) is 11.1 Å². The molecule has 0 aliphatic carbocycles. The fraction of sp³-hybridized carbons (Fsp3) is 0. The molecule has 0 aliphatic heterocycles. The number of nitrogens with one attached hydrogen (secondary N) is 1. The maximum atomic E-state index is 6.04. The average Bonchev–Trinajstić information content (AvgIpc) is 2.69. The zero-order chi connectivity index (χ0) is 13.1. The molecule has 0 fully saturated rings. The van der Waals surface area contributed by atoms with Crippen molar-refractivity contribution in [2.45, 2.75) is 0 Å². The predicted molar refractivity (Wildman–Crippen MR) is 77.7 cm³/mol. The fourth-order valence-electron chi connectivity index (χ4n) is 1.52. The zero-order valence-corrected chi connectivity index (χ0v) is 10.9. The summed E-state index contributed by atoms with van der Waals surface area (Å²) in [5.74, 6) is 6.47. The number of rotatable bonds is 1. The summed E-state index contributed by atoms with van der Waals surface area (Å²) in [6, 6.07) is 5.27. The predicted octanol–water partition coefficient (Wildman–Crippen LogP) is 3.95. The first kappa shape index (κ1) is 12.6. The van der Waals surface area contributed by atoms with Crippen LogP contribution in [0.1, 0.15) is 16.7 Å². The van der Waals surface area contributed by atoms with Gasteiger partial charge in [0, 0.05) is 11.8 Å². The second kappa shape index (κ2) is 5.22. The Balaban J connectivity index is 2.46. The molecule has 1 aromatic carbocycles. The summed E-state index contributed by atoms with van der Waals surface area (Å²) in [5, 5.41) is 1.05. The van der Waals surface area contributed by atoms with E-state index < -0.39 is 0 Å². The largest absolute Gasteiger partial charge is 0.385 e. The summed E-state index contributed by atoms with van der Waals surface area (Å²) in [5.41, 5.74) is 7.89. The minimum absolute atomic E-state index is 0.527. The number of hydrogen-bond donors (Lipinski definition) is 2. The van der Waals surface area contributed by atoms with Gasteiger partial charge in [-0.1, -0.05) is 53.8 Å². The van der Waals surface area contributed by atoms with Crippen LogP contribution in [-0.4, -0.2) is 4.98 Å². The number of H-pyrrole nitrogens is 1. The first-order valence-corrected chi connectivity index (χ1v) is 5.94. The van der Waals surface area contributed by atoms with E-state index in [1.54, 1.807) is 30.5 Å². The molecule has 1 aromatic heterocycles. The van der Waals surface area contributed by atoms with Crippen molar-refractivity contribution >= 4 is 35.1 Å². The van der Waals surface area contributed by atoms with Crippen LogP contribution in [0.4, 0.5) is 5.82 Å². The highest BCUT2D eigenvalue weighted by molar-refractivity contribution is 6.36. The molecule has 2 nitrogen and oxygen atoms in total. The normalized spacial score (nSPS) is 9.67. The van der Waals surface area contributed by atoms with E-state index in [2.05, 4.69) is 23.4 Å². The number of nitrogen functional groups attached to an aromatic ring is 1. The second-order valence-corrected chi connectivity index (χ2v) is 4.39. The first-order chi connectivity index (χ1) is 8.63. The molecule has 18 heavy (non-hydrogen) atoms. The molecule has 0 aliphatic rings. The molecule has 90 valence electrons. The van der Waals surface area contributed by atoms with E-state index in [-0.39, 0.29) is 0 Å². The van der Waals surface area contributed by atoms with Crippen LogP contribution in [0.25, 0.3) is 6.08 Å². The van der Waals surface area contributed by atoms with Crippen molar-refractivity contribution in [3.05, 3.63) is 57.7 Å². The number of anilines is 1. The number of halogens is 2. The van der Waals surface area contributed by atoms with Gasteiger partial charge >= 0.3 is 0 Å². The molecule has 0 saturated heterocycles. The summed E-state index contributed by atoms with van der Waals surface area (Å²) in [4.78, 5) is 2.89. The van der Waals surface area contributed by atoms with Gasteiger partial charge in [0.25, 0.3) is 0 Å². The van der Waals surface area contributed by atoms with E-state index in [4.69, 9.17) is 28.9 Å². The highest BCUT2D eigenvalue weighted by Gasteiger charge is 2.04. The van der Waals surface area contributed by atoms with Crippen molar-refractivity contribution in [1.29, 1.82) is 0 Å². The number of benzene rings is 1. The van der Waals surface area contributed by atoms with Crippen LogP contribution < -0.4 is 5.73 Å². The Hall–Kier alpha value is -1.82. The molecular formula is C14H10Cl2N2. The van der Waals surface area contributed by atoms with Crippen LogP contribution >= 0.6 is 23.2 Å². The Morgan fingerprint density at radius 2 is 1.89 bits per heavy atom. The van der Waals surface area contributed by atoms with Gasteiger partial charge in [0.1, 0.15) is 5.82 Å². The SMILES string of the molecule is C=Cc1c(C#Cc2c(Cl)cccc2Cl)c[nH]c1N. The van der Waals surface area contributed by atoms with E-state index in [1.165, 1.54) is 0 Å². The second-order valence-electron chi connectivity index (χ2n) is 3.58. The molecule has 0 radical (unpaired) electrons. The Kier molecular flexibility index (Phi) is 3.66. The van der Waals surface area contributed by atoms with Crippen molar-refractivity contribution in [2.75, 3.05) is 5.73 Å². The summed E-state index contributed by atoms with van der Waals surface area (Å²) in [6.07, 6.45) is 3.38. The van der Waals surface area contributed by atoms with Gasteiger partial charge < -0.3 is 10.7 Å². The van der Waals surface area contributed by atoms with Crippen molar-refractivity contribution in [3.8, 4) is 11.8 Å². The third kappa shape index (κ3) is 2.38. The minimum Gasteiger partial charge on any atom is -0.385 e. The number of hydrogen-bond acceptors (Lipinski definition) is 1. The summed E-state index contributed by atoms with van der Waals surface area (Å²) in [7, 11) is 0. The van der Waals surface area contributed by atoms with Gasteiger partial charge in [0.2, 0.25) is 0 Å². The minimum atomic E-state index is 0.527. The zero-order valence-electron chi connectivity index (χ0n) is 9.43. The Morgan fingerprint density at radius 1 is 1.22 bits per heavy atom. The van der Waals surface area contributed by atoms with Gasteiger partial charge in [0.05, 0.1) is 21.2 Å². The van der Waals surface area contributed by atoms with Gasteiger partial charge in [-0.2, -0.15) is 0 Å². The lowest BCUT2D eigenvalue weighted by molar-refractivity contribution is 1.41. The average molecular weight is 277 g/mol. The lowest BCUT2D eigenvalue weighted by Gasteiger charge is -1.97. The molecule has 0 saturated carbocycles. The topological polar surface area (TPSA) is 41.8 Å². The molecule has 0 amide bonds. The van der Waals surface area contributed by atoms with E-state index in [0.29, 0.717) is 21.4 Å². The van der Waals surface area contributed by atoms with E-state index >= 15 is 0 Å².